The summed E-state index contributed by atoms with van der Waals surface area (Å²) < 4.78 is 28.6. The van der Waals surface area contributed by atoms with E-state index in [9.17, 15) is 13.5 Å². The van der Waals surface area contributed by atoms with Crippen molar-refractivity contribution >= 4 is 10.0 Å². The van der Waals surface area contributed by atoms with E-state index >= 15 is 0 Å². The molecule has 0 saturated carbocycles. The zero-order valence-electron chi connectivity index (χ0n) is 11.8. The number of nitrogens with one attached hydrogen (secondary N) is 1. The molecule has 2 N–H and O–H groups in total. The van der Waals surface area contributed by atoms with Crippen LogP contribution in [0.2, 0.25) is 0 Å². The second kappa shape index (κ2) is 6.84. The Morgan fingerprint density at radius 2 is 2.05 bits per heavy atom. The molecule has 0 aliphatic rings. The van der Waals surface area contributed by atoms with E-state index in [1.807, 2.05) is 37.3 Å². The summed E-state index contributed by atoms with van der Waals surface area (Å²) in [6, 6.07) is 8.84. The van der Waals surface area contributed by atoms with Gasteiger partial charge in [0.2, 0.25) is 0 Å². The maximum atomic E-state index is 12.2. The molecular weight excluding hydrogens is 290 g/mol. The first-order valence-corrected chi connectivity index (χ1v) is 8.22. The number of aliphatic hydroxyl groups is 1. The van der Waals surface area contributed by atoms with Crippen LogP contribution in [0.4, 0.5) is 0 Å². The van der Waals surface area contributed by atoms with E-state index in [-0.39, 0.29) is 11.6 Å². The predicted octanol–water partition coefficient (Wildman–Crippen LogP) is 0.785. The SMILES string of the molecule is CCn1cnc(S(=O)(=O)N[C@@H](CO)Cc2ccccc2)c1. The molecule has 0 fully saturated rings. The molecule has 0 amide bonds. The van der Waals surface area contributed by atoms with E-state index in [0.717, 1.165) is 5.56 Å². The summed E-state index contributed by atoms with van der Waals surface area (Å²) in [7, 11) is -3.72. The molecule has 0 unspecified atom stereocenters. The van der Waals surface area contributed by atoms with Crippen LogP contribution in [0.25, 0.3) is 0 Å². The number of sulfonamides is 1. The Morgan fingerprint density at radius 3 is 2.62 bits per heavy atom. The highest BCUT2D eigenvalue weighted by atomic mass is 32.2. The third kappa shape index (κ3) is 4.13. The van der Waals surface area contributed by atoms with Gasteiger partial charge >= 0.3 is 0 Å². The summed E-state index contributed by atoms with van der Waals surface area (Å²) in [5.74, 6) is 0. The van der Waals surface area contributed by atoms with Crippen molar-refractivity contribution in [3.05, 3.63) is 48.4 Å². The van der Waals surface area contributed by atoms with Crippen molar-refractivity contribution < 1.29 is 13.5 Å². The lowest BCUT2D eigenvalue weighted by molar-refractivity contribution is 0.256. The first-order chi connectivity index (χ1) is 10.0. The van der Waals surface area contributed by atoms with E-state index in [4.69, 9.17) is 0 Å². The Labute approximate surface area is 124 Å². The summed E-state index contributed by atoms with van der Waals surface area (Å²) in [6.07, 6.45) is 3.37. The van der Waals surface area contributed by atoms with Crippen LogP contribution in [0.3, 0.4) is 0 Å². The summed E-state index contributed by atoms with van der Waals surface area (Å²) in [5, 5.41) is 9.36. The van der Waals surface area contributed by atoms with Gasteiger partial charge in [0.25, 0.3) is 10.0 Å². The highest BCUT2D eigenvalue weighted by molar-refractivity contribution is 7.89. The highest BCUT2D eigenvalue weighted by Crippen LogP contribution is 2.09. The van der Waals surface area contributed by atoms with Crippen molar-refractivity contribution in [2.24, 2.45) is 0 Å². The van der Waals surface area contributed by atoms with E-state index in [0.29, 0.717) is 13.0 Å². The Morgan fingerprint density at radius 1 is 1.33 bits per heavy atom. The lowest BCUT2D eigenvalue weighted by atomic mass is 10.1. The number of hydrogen-bond acceptors (Lipinski definition) is 4. The molecule has 0 saturated heterocycles. The molecule has 1 aromatic carbocycles. The number of aryl methyl sites for hydroxylation is 1. The molecule has 0 spiro atoms. The number of aromatic nitrogens is 2. The molecule has 1 aromatic heterocycles. The molecule has 0 radical (unpaired) electrons. The zero-order valence-corrected chi connectivity index (χ0v) is 12.6. The normalized spacial score (nSPS) is 13.2. The lowest BCUT2D eigenvalue weighted by Crippen LogP contribution is -2.39. The number of nitrogens with zero attached hydrogens (tertiary/aromatic N) is 2. The summed E-state index contributed by atoms with van der Waals surface area (Å²) in [4.78, 5) is 3.88. The van der Waals surface area contributed by atoms with Crippen LogP contribution in [0.5, 0.6) is 0 Å². The van der Waals surface area contributed by atoms with Crippen molar-refractivity contribution in [3.63, 3.8) is 0 Å². The van der Waals surface area contributed by atoms with Crippen molar-refractivity contribution in [2.75, 3.05) is 6.61 Å². The van der Waals surface area contributed by atoms with E-state index in [2.05, 4.69) is 9.71 Å². The van der Waals surface area contributed by atoms with Gasteiger partial charge in [-0.05, 0) is 18.9 Å². The van der Waals surface area contributed by atoms with Gasteiger partial charge in [0.05, 0.1) is 12.9 Å². The zero-order chi connectivity index (χ0) is 15.3. The molecule has 1 atom stereocenters. The Hall–Kier alpha value is -1.70. The van der Waals surface area contributed by atoms with Crippen LogP contribution in [0.15, 0.2) is 47.9 Å². The van der Waals surface area contributed by atoms with Gasteiger partial charge in [-0.25, -0.2) is 18.1 Å². The minimum Gasteiger partial charge on any atom is -0.395 e. The fourth-order valence-electron chi connectivity index (χ4n) is 1.97. The fourth-order valence-corrected chi connectivity index (χ4v) is 3.15. The van der Waals surface area contributed by atoms with Gasteiger partial charge in [-0.2, -0.15) is 0 Å². The Kier molecular flexibility index (Phi) is 5.11. The maximum Gasteiger partial charge on any atom is 0.259 e. The Bertz CT molecular complexity index is 668. The van der Waals surface area contributed by atoms with Crippen molar-refractivity contribution in [1.29, 1.82) is 0 Å². The smallest absolute Gasteiger partial charge is 0.259 e. The second-order valence-corrected chi connectivity index (χ2v) is 6.39. The van der Waals surface area contributed by atoms with Gasteiger partial charge in [0, 0.05) is 18.8 Å². The minimum absolute atomic E-state index is 0.0316. The maximum absolute atomic E-state index is 12.2. The predicted molar refractivity (Wildman–Crippen MR) is 79.2 cm³/mol. The third-order valence-electron chi connectivity index (χ3n) is 3.12. The van der Waals surface area contributed by atoms with E-state index < -0.39 is 16.1 Å². The average molecular weight is 309 g/mol. The van der Waals surface area contributed by atoms with Crippen molar-refractivity contribution in [3.8, 4) is 0 Å². The largest absolute Gasteiger partial charge is 0.395 e. The van der Waals surface area contributed by atoms with Crippen molar-refractivity contribution in [2.45, 2.75) is 31.0 Å². The molecule has 0 bridgehead atoms. The molecular formula is C14H19N3O3S. The van der Waals surface area contributed by atoms with Crippen LogP contribution in [-0.2, 0) is 23.0 Å². The Balaban J connectivity index is 2.10. The van der Waals surface area contributed by atoms with Gasteiger partial charge < -0.3 is 9.67 Å². The molecule has 0 aliphatic carbocycles. The van der Waals surface area contributed by atoms with Crippen LogP contribution in [0, 0.1) is 0 Å². The van der Waals surface area contributed by atoms with Crippen LogP contribution >= 0.6 is 0 Å². The van der Waals surface area contributed by atoms with E-state index in [1.54, 1.807) is 4.57 Å². The summed E-state index contributed by atoms with van der Waals surface area (Å²) >= 11 is 0. The number of rotatable bonds is 7. The summed E-state index contributed by atoms with van der Waals surface area (Å²) in [6.45, 7) is 2.27. The topological polar surface area (TPSA) is 84.2 Å². The monoisotopic (exact) mass is 309 g/mol. The second-order valence-electron chi connectivity index (χ2n) is 4.73. The van der Waals surface area contributed by atoms with Crippen LogP contribution in [-0.4, -0.2) is 35.7 Å². The highest BCUT2D eigenvalue weighted by Gasteiger charge is 2.22. The van der Waals surface area contributed by atoms with E-state index in [1.165, 1.54) is 12.5 Å². The quantitative estimate of drug-likeness (QED) is 0.792. The average Bonchev–Trinajstić information content (AvgIpc) is 2.97. The molecule has 2 aromatic rings. The van der Waals surface area contributed by atoms with Gasteiger partial charge in [-0.3, -0.25) is 0 Å². The van der Waals surface area contributed by atoms with Crippen LogP contribution < -0.4 is 4.72 Å². The van der Waals surface area contributed by atoms with Gasteiger partial charge in [-0.1, -0.05) is 30.3 Å². The molecule has 114 valence electrons. The third-order valence-corrected chi connectivity index (χ3v) is 4.52. The summed E-state index contributed by atoms with van der Waals surface area (Å²) in [5.41, 5.74) is 0.957. The molecule has 1 heterocycles. The first kappa shape index (κ1) is 15.7. The van der Waals surface area contributed by atoms with Crippen molar-refractivity contribution in [1.82, 2.24) is 14.3 Å². The standard InChI is InChI=1S/C14H19N3O3S/c1-2-17-9-14(15-11-17)21(19,20)16-13(10-18)8-12-6-4-3-5-7-12/h3-7,9,11,13,16,18H,2,8,10H2,1H3/t13-/m1/s1. The molecule has 7 heteroatoms. The molecule has 0 aliphatic heterocycles. The molecule has 21 heavy (non-hydrogen) atoms. The molecule has 2 rings (SSSR count). The number of imidazole rings is 1. The number of aliphatic hydroxyl groups excluding tert-OH is 1. The minimum atomic E-state index is -3.72. The van der Waals surface area contributed by atoms with Crippen LogP contribution in [0.1, 0.15) is 12.5 Å². The molecule has 6 nitrogen and oxygen atoms in total. The van der Waals surface area contributed by atoms with Gasteiger partial charge in [0.1, 0.15) is 0 Å². The van der Waals surface area contributed by atoms with Gasteiger partial charge in [0.15, 0.2) is 5.03 Å². The number of hydrogen-bond donors (Lipinski definition) is 2. The van der Waals surface area contributed by atoms with Gasteiger partial charge in [-0.15, -0.1) is 0 Å². The lowest BCUT2D eigenvalue weighted by Gasteiger charge is -2.15. The number of benzene rings is 1. The first-order valence-electron chi connectivity index (χ1n) is 6.74. The fraction of sp³-hybridized carbons (Fsp3) is 0.357.